The van der Waals surface area contributed by atoms with Crippen LogP contribution in [-0.4, -0.2) is 50.2 Å². The highest BCUT2D eigenvalue weighted by atomic mass is 32.2. The molecule has 0 heterocycles. The van der Waals surface area contributed by atoms with Gasteiger partial charge in [-0.1, -0.05) is 51.3 Å². The van der Waals surface area contributed by atoms with Crippen LogP contribution in [0.5, 0.6) is 5.75 Å². The number of carbonyl (C=O) groups excluding carboxylic acids is 2. The molecule has 34 heavy (non-hydrogen) atoms. The molecule has 192 valence electrons. The van der Waals surface area contributed by atoms with E-state index >= 15 is 0 Å². The molecule has 1 aromatic carbocycles. The number of hydrogen-bond acceptors (Lipinski definition) is 6. The average molecular weight is 497 g/mol. The number of para-hydroxylation sites is 1. The standard InChI is InChI=1S/C25H40N2O6S/c1-17(2)22(34(30,31)18-12-8-7-9-13-18)23(28)26-16-20(27-24(29)33-25(3,4)5)19-14-10-11-15-21(19)32-6/h10-11,14-15,17-18,20,22H,7-9,12-13,16H2,1-6H3,(H,26,28)(H,27,29). The fourth-order valence-corrected chi connectivity index (χ4v) is 6.92. The molecule has 0 aromatic heterocycles. The van der Waals surface area contributed by atoms with Crippen molar-refractivity contribution in [3.63, 3.8) is 0 Å². The summed E-state index contributed by atoms with van der Waals surface area (Å²) in [6.07, 6.45) is 3.32. The molecule has 1 saturated carbocycles. The van der Waals surface area contributed by atoms with E-state index in [4.69, 9.17) is 9.47 Å². The number of methoxy groups -OCH3 is 1. The summed E-state index contributed by atoms with van der Waals surface area (Å²) >= 11 is 0. The van der Waals surface area contributed by atoms with Crippen molar-refractivity contribution in [2.45, 2.75) is 88.9 Å². The smallest absolute Gasteiger partial charge is 0.408 e. The van der Waals surface area contributed by atoms with E-state index in [0.29, 0.717) is 24.2 Å². The molecule has 1 aromatic rings. The van der Waals surface area contributed by atoms with Gasteiger partial charge in [-0.25, -0.2) is 13.2 Å². The summed E-state index contributed by atoms with van der Waals surface area (Å²) in [6.45, 7) is 8.77. The zero-order valence-electron chi connectivity index (χ0n) is 21.2. The highest BCUT2D eigenvalue weighted by Gasteiger charge is 2.41. The third kappa shape index (κ3) is 7.61. The van der Waals surface area contributed by atoms with Gasteiger partial charge in [-0.05, 0) is 45.6 Å². The minimum atomic E-state index is -3.64. The van der Waals surface area contributed by atoms with Gasteiger partial charge in [0, 0.05) is 12.1 Å². The van der Waals surface area contributed by atoms with Crippen molar-refractivity contribution in [1.29, 1.82) is 0 Å². The molecule has 2 unspecified atom stereocenters. The van der Waals surface area contributed by atoms with Crippen LogP contribution in [0.4, 0.5) is 4.79 Å². The SMILES string of the molecule is COc1ccccc1C(CNC(=O)C(C(C)C)S(=O)(=O)C1CCCCC1)NC(=O)OC(C)(C)C. The Kier molecular flexibility index (Phi) is 9.79. The maximum atomic E-state index is 13.3. The number of rotatable bonds is 9. The van der Waals surface area contributed by atoms with Crippen LogP contribution in [0.15, 0.2) is 24.3 Å². The molecule has 1 fully saturated rings. The van der Waals surface area contributed by atoms with Crippen LogP contribution in [0.1, 0.15) is 78.3 Å². The molecule has 0 radical (unpaired) electrons. The molecule has 1 aliphatic rings. The molecule has 2 rings (SSSR count). The first-order valence-corrected chi connectivity index (χ1v) is 13.6. The van der Waals surface area contributed by atoms with Crippen LogP contribution in [0.25, 0.3) is 0 Å². The topological polar surface area (TPSA) is 111 Å². The second-order valence-electron chi connectivity index (χ2n) is 10.2. The maximum absolute atomic E-state index is 13.3. The third-order valence-corrected chi connectivity index (χ3v) is 8.79. The molecule has 8 nitrogen and oxygen atoms in total. The van der Waals surface area contributed by atoms with E-state index in [1.54, 1.807) is 58.9 Å². The fourth-order valence-electron chi connectivity index (χ4n) is 4.38. The summed E-state index contributed by atoms with van der Waals surface area (Å²) in [5.41, 5.74) is -0.0532. The molecule has 2 N–H and O–H groups in total. The van der Waals surface area contributed by atoms with Crippen LogP contribution in [0, 0.1) is 5.92 Å². The third-order valence-electron chi connectivity index (χ3n) is 5.92. The van der Waals surface area contributed by atoms with Crippen molar-refractivity contribution in [2.75, 3.05) is 13.7 Å². The Labute approximate surface area is 204 Å². The number of benzene rings is 1. The summed E-state index contributed by atoms with van der Waals surface area (Å²) in [6, 6.07) is 6.46. The monoisotopic (exact) mass is 496 g/mol. The van der Waals surface area contributed by atoms with Crippen LogP contribution >= 0.6 is 0 Å². The van der Waals surface area contributed by atoms with Gasteiger partial charge in [0.25, 0.3) is 0 Å². The molecular formula is C25H40N2O6S. The second kappa shape index (κ2) is 11.9. The minimum Gasteiger partial charge on any atom is -0.496 e. The lowest BCUT2D eigenvalue weighted by molar-refractivity contribution is -0.121. The largest absolute Gasteiger partial charge is 0.496 e. The average Bonchev–Trinajstić information content (AvgIpc) is 2.75. The van der Waals surface area contributed by atoms with Gasteiger partial charge in [-0.2, -0.15) is 0 Å². The lowest BCUT2D eigenvalue weighted by Crippen LogP contribution is -2.49. The first-order valence-electron chi connectivity index (χ1n) is 12.0. The van der Waals surface area contributed by atoms with Crippen molar-refractivity contribution in [3.05, 3.63) is 29.8 Å². The molecule has 2 amide bonds. The van der Waals surface area contributed by atoms with Gasteiger partial charge in [0.1, 0.15) is 16.6 Å². The quantitative estimate of drug-likeness (QED) is 0.531. The highest BCUT2D eigenvalue weighted by molar-refractivity contribution is 7.93. The molecule has 9 heteroatoms. The zero-order valence-corrected chi connectivity index (χ0v) is 22.0. The summed E-state index contributed by atoms with van der Waals surface area (Å²) in [5, 5.41) is 3.94. The van der Waals surface area contributed by atoms with E-state index in [-0.39, 0.29) is 12.5 Å². The van der Waals surface area contributed by atoms with Gasteiger partial charge in [0.2, 0.25) is 5.91 Å². The summed E-state index contributed by atoms with van der Waals surface area (Å²) in [5.74, 6) is -0.394. The Hall–Kier alpha value is -2.29. The van der Waals surface area contributed by atoms with Crippen molar-refractivity contribution in [1.82, 2.24) is 10.6 Å². The maximum Gasteiger partial charge on any atom is 0.408 e. The highest BCUT2D eigenvalue weighted by Crippen LogP contribution is 2.29. The van der Waals surface area contributed by atoms with Crippen LogP contribution in [-0.2, 0) is 19.4 Å². The Bertz CT molecular complexity index is 933. The van der Waals surface area contributed by atoms with E-state index in [9.17, 15) is 18.0 Å². The summed E-state index contributed by atoms with van der Waals surface area (Å²) in [4.78, 5) is 25.7. The fraction of sp³-hybridized carbons (Fsp3) is 0.680. The molecule has 1 aliphatic carbocycles. The lowest BCUT2D eigenvalue weighted by atomic mass is 10.0. The lowest BCUT2D eigenvalue weighted by Gasteiger charge is -2.29. The van der Waals surface area contributed by atoms with Crippen LogP contribution in [0.3, 0.4) is 0 Å². The number of nitrogens with one attached hydrogen (secondary N) is 2. The zero-order chi connectivity index (χ0) is 25.5. The normalized spacial score (nSPS) is 17.0. The van der Waals surface area contributed by atoms with E-state index in [0.717, 1.165) is 19.3 Å². The Morgan fingerprint density at radius 1 is 1.09 bits per heavy atom. The van der Waals surface area contributed by atoms with Gasteiger partial charge < -0.3 is 20.1 Å². The first kappa shape index (κ1) is 28.0. The first-order chi connectivity index (χ1) is 15.9. The number of carbonyl (C=O) groups is 2. The second-order valence-corrected chi connectivity index (χ2v) is 12.6. The molecule has 0 bridgehead atoms. The van der Waals surface area contributed by atoms with Gasteiger partial charge >= 0.3 is 6.09 Å². The number of ether oxygens (including phenoxy) is 2. The van der Waals surface area contributed by atoms with E-state index in [1.807, 2.05) is 0 Å². The van der Waals surface area contributed by atoms with Crippen molar-refractivity contribution >= 4 is 21.8 Å². The van der Waals surface area contributed by atoms with E-state index in [1.165, 1.54) is 7.11 Å². The van der Waals surface area contributed by atoms with E-state index < -0.39 is 44.0 Å². The molecule has 0 spiro atoms. The molecular weight excluding hydrogens is 456 g/mol. The van der Waals surface area contributed by atoms with Crippen LogP contribution in [0.2, 0.25) is 0 Å². The predicted octanol–water partition coefficient (Wildman–Crippen LogP) is 4.15. The number of hydrogen-bond donors (Lipinski definition) is 2. The van der Waals surface area contributed by atoms with Gasteiger partial charge in [-0.3, -0.25) is 4.79 Å². The number of alkyl carbamates (subject to hydrolysis) is 1. The van der Waals surface area contributed by atoms with Crippen molar-refractivity contribution < 1.29 is 27.5 Å². The Morgan fingerprint density at radius 2 is 1.71 bits per heavy atom. The summed E-state index contributed by atoms with van der Waals surface area (Å²) in [7, 11) is -2.12. The molecule has 2 atom stereocenters. The number of amides is 2. The van der Waals surface area contributed by atoms with E-state index in [2.05, 4.69) is 10.6 Å². The number of sulfone groups is 1. The molecule has 0 aliphatic heterocycles. The minimum absolute atomic E-state index is 0.0120. The Balaban J connectivity index is 2.24. The van der Waals surface area contributed by atoms with Crippen LogP contribution < -0.4 is 15.4 Å². The summed E-state index contributed by atoms with van der Waals surface area (Å²) < 4.78 is 37.5. The van der Waals surface area contributed by atoms with Gasteiger partial charge in [-0.15, -0.1) is 0 Å². The van der Waals surface area contributed by atoms with Crippen molar-refractivity contribution in [3.8, 4) is 5.75 Å². The van der Waals surface area contributed by atoms with Crippen molar-refractivity contribution in [2.24, 2.45) is 5.92 Å². The Morgan fingerprint density at radius 3 is 2.26 bits per heavy atom. The predicted molar refractivity (Wildman–Crippen MR) is 133 cm³/mol. The van der Waals surface area contributed by atoms with Gasteiger partial charge in [0.15, 0.2) is 9.84 Å². The van der Waals surface area contributed by atoms with Gasteiger partial charge in [0.05, 0.1) is 18.4 Å². The molecule has 0 saturated heterocycles.